The average molecular weight is 501 g/mol. The molecule has 4 rings (SSSR count). The number of fused-ring (bicyclic) bond motifs is 1. The molecule has 0 unspecified atom stereocenters. The van der Waals surface area contributed by atoms with Gasteiger partial charge in [-0.1, -0.05) is 28.1 Å². The van der Waals surface area contributed by atoms with Crippen LogP contribution in [0.2, 0.25) is 0 Å². The van der Waals surface area contributed by atoms with Crippen molar-refractivity contribution in [2.75, 3.05) is 5.43 Å². The summed E-state index contributed by atoms with van der Waals surface area (Å²) < 4.78 is 17.9. The van der Waals surface area contributed by atoms with Crippen LogP contribution >= 0.6 is 15.9 Å². The number of phenols is 1. The van der Waals surface area contributed by atoms with E-state index >= 15 is 0 Å². The Morgan fingerprint density at radius 3 is 2.59 bits per heavy atom. The van der Waals surface area contributed by atoms with Crippen molar-refractivity contribution < 1.29 is 9.50 Å². The summed E-state index contributed by atoms with van der Waals surface area (Å²) in [4.78, 5) is 29.6. The van der Waals surface area contributed by atoms with Gasteiger partial charge in [0, 0.05) is 24.1 Å². The molecule has 0 fully saturated rings. The lowest BCUT2D eigenvalue weighted by molar-refractivity contribution is 0.474. The fraction of sp³-hybridized carbons (Fsp3) is 0.143. The average Bonchev–Trinajstić information content (AvgIpc) is 3.13. The molecule has 2 heterocycles. The zero-order chi connectivity index (χ0) is 23.0. The second kappa shape index (κ2) is 8.42. The summed E-state index contributed by atoms with van der Waals surface area (Å²) in [5.41, 5.74) is 3.31. The number of imidazole rings is 1. The summed E-state index contributed by atoms with van der Waals surface area (Å²) in [6, 6.07) is 10.7. The smallest absolute Gasteiger partial charge is 0.332 e. The molecule has 0 aliphatic rings. The maximum absolute atomic E-state index is 13.3. The Hall–Kier alpha value is -3.73. The molecule has 32 heavy (non-hydrogen) atoms. The quantitative estimate of drug-likeness (QED) is 0.323. The molecular formula is C21H18BrFN6O3. The summed E-state index contributed by atoms with van der Waals surface area (Å²) in [6.07, 6.45) is 1.40. The molecule has 0 radical (unpaired) electrons. The van der Waals surface area contributed by atoms with Crippen LogP contribution in [0.25, 0.3) is 11.2 Å². The summed E-state index contributed by atoms with van der Waals surface area (Å²) >= 11 is 3.33. The third-order valence-corrected chi connectivity index (χ3v) is 5.45. The molecule has 2 aromatic heterocycles. The van der Waals surface area contributed by atoms with Crippen molar-refractivity contribution in [2.45, 2.75) is 6.54 Å². The van der Waals surface area contributed by atoms with E-state index in [1.165, 1.54) is 43.1 Å². The fourth-order valence-electron chi connectivity index (χ4n) is 3.25. The monoisotopic (exact) mass is 500 g/mol. The highest BCUT2D eigenvalue weighted by Crippen LogP contribution is 2.21. The molecule has 9 nitrogen and oxygen atoms in total. The summed E-state index contributed by atoms with van der Waals surface area (Å²) in [5, 5.41) is 14.1. The first-order valence-electron chi connectivity index (χ1n) is 9.44. The Balaban J connectivity index is 1.82. The predicted octanol–water partition coefficient (Wildman–Crippen LogP) is 2.54. The van der Waals surface area contributed by atoms with E-state index in [0.717, 1.165) is 14.6 Å². The van der Waals surface area contributed by atoms with E-state index < -0.39 is 11.2 Å². The van der Waals surface area contributed by atoms with Crippen LogP contribution in [0.15, 0.2) is 61.6 Å². The number of benzene rings is 2. The van der Waals surface area contributed by atoms with Crippen molar-refractivity contribution in [1.82, 2.24) is 18.7 Å². The van der Waals surface area contributed by atoms with Crippen LogP contribution in [0.3, 0.4) is 0 Å². The maximum atomic E-state index is 13.3. The lowest BCUT2D eigenvalue weighted by atomic mass is 10.2. The first kappa shape index (κ1) is 21.5. The Labute approximate surface area is 189 Å². The lowest BCUT2D eigenvalue weighted by Crippen LogP contribution is -2.37. The van der Waals surface area contributed by atoms with Gasteiger partial charge in [-0.15, -0.1) is 0 Å². The van der Waals surface area contributed by atoms with Crippen LogP contribution in [-0.2, 0) is 20.6 Å². The Morgan fingerprint density at radius 2 is 1.88 bits per heavy atom. The van der Waals surface area contributed by atoms with Crippen LogP contribution in [0, 0.1) is 5.82 Å². The molecule has 2 N–H and O–H groups in total. The molecule has 11 heteroatoms. The number of hydrogen-bond acceptors (Lipinski definition) is 6. The number of halogens is 2. The van der Waals surface area contributed by atoms with Crippen LogP contribution < -0.4 is 16.7 Å². The molecule has 0 saturated carbocycles. The highest BCUT2D eigenvalue weighted by Gasteiger charge is 2.19. The van der Waals surface area contributed by atoms with Gasteiger partial charge in [0.1, 0.15) is 11.6 Å². The first-order valence-corrected chi connectivity index (χ1v) is 10.2. The van der Waals surface area contributed by atoms with Gasteiger partial charge in [0.15, 0.2) is 11.2 Å². The van der Waals surface area contributed by atoms with Gasteiger partial charge in [0.05, 0.1) is 12.8 Å². The molecule has 0 spiro atoms. The van der Waals surface area contributed by atoms with Gasteiger partial charge >= 0.3 is 5.69 Å². The number of nitrogens with zero attached hydrogens (tertiary/aromatic N) is 5. The zero-order valence-corrected chi connectivity index (χ0v) is 18.7. The highest BCUT2D eigenvalue weighted by molar-refractivity contribution is 9.10. The summed E-state index contributed by atoms with van der Waals surface area (Å²) in [5.74, 6) is -0.137. The van der Waals surface area contributed by atoms with Crippen molar-refractivity contribution in [3.05, 3.63) is 84.7 Å². The Kier molecular flexibility index (Phi) is 5.66. The maximum Gasteiger partial charge on any atom is 0.332 e. The van der Waals surface area contributed by atoms with Crippen LogP contribution in [0.4, 0.5) is 10.3 Å². The fourth-order valence-corrected chi connectivity index (χ4v) is 3.63. The molecule has 4 aromatic rings. The minimum absolute atomic E-state index is 0.0369. The normalized spacial score (nSPS) is 11.5. The zero-order valence-electron chi connectivity index (χ0n) is 17.1. The van der Waals surface area contributed by atoms with Crippen LogP contribution in [0.1, 0.15) is 11.1 Å². The van der Waals surface area contributed by atoms with Crippen LogP contribution in [0.5, 0.6) is 5.75 Å². The number of anilines is 1. The number of aromatic nitrogens is 4. The Bertz CT molecular complexity index is 1470. The number of hydrogen-bond donors (Lipinski definition) is 2. The van der Waals surface area contributed by atoms with E-state index in [9.17, 15) is 19.1 Å². The second-order valence-corrected chi connectivity index (χ2v) is 8.01. The number of hydrazone groups is 1. The van der Waals surface area contributed by atoms with E-state index in [2.05, 4.69) is 31.4 Å². The van der Waals surface area contributed by atoms with Gasteiger partial charge in [-0.2, -0.15) is 10.1 Å². The molecule has 2 aromatic carbocycles. The SMILES string of the molecule is Cn1c(=O)c2c(nc(N/N=C\c3cc(Br)ccc3O)n2Cc2ccc(F)cc2)n(C)c1=O. The second-order valence-electron chi connectivity index (χ2n) is 7.10. The van der Waals surface area contributed by atoms with E-state index in [1.807, 2.05) is 0 Å². The van der Waals surface area contributed by atoms with Crippen molar-refractivity contribution in [2.24, 2.45) is 19.2 Å². The van der Waals surface area contributed by atoms with Crippen molar-refractivity contribution >= 4 is 39.3 Å². The van der Waals surface area contributed by atoms with Crippen molar-refractivity contribution in [1.29, 1.82) is 0 Å². The molecule has 164 valence electrons. The topological polar surface area (TPSA) is 106 Å². The van der Waals surface area contributed by atoms with Gasteiger partial charge in [0.25, 0.3) is 5.56 Å². The molecule has 0 bridgehead atoms. The highest BCUT2D eigenvalue weighted by atomic mass is 79.9. The van der Waals surface area contributed by atoms with Gasteiger partial charge < -0.3 is 5.11 Å². The standard InChI is InChI=1S/C21H18BrFN6O3/c1-27-18-17(19(31)28(2)21(27)32)29(11-12-3-6-15(23)7-4-12)20(25-18)26-24-10-13-9-14(22)5-8-16(13)30/h3-10,30H,11H2,1-2H3,(H,25,26)/b24-10-. The van der Waals surface area contributed by atoms with Crippen LogP contribution in [-0.4, -0.2) is 30.0 Å². The van der Waals surface area contributed by atoms with Crippen molar-refractivity contribution in [3.8, 4) is 5.75 Å². The van der Waals surface area contributed by atoms with E-state index in [-0.39, 0.29) is 35.2 Å². The number of aryl methyl sites for hydroxylation is 1. The molecular weight excluding hydrogens is 483 g/mol. The minimum Gasteiger partial charge on any atom is -0.507 e. The molecule has 0 atom stereocenters. The van der Waals surface area contributed by atoms with E-state index in [4.69, 9.17) is 0 Å². The molecule has 0 saturated heterocycles. The summed E-state index contributed by atoms with van der Waals surface area (Å²) in [6.45, 7) is 0.185. The number of aromatic hydroxyl groups is 1. The number of rotatable bonds is 5. The first-order chi connectivity index (χ1) is 15.3. The Morgan fingerprint density at radius 1 is 1.16 bits per heavy atom. The predicted molar refractivity (Wildman–Crippen MR) is 123 cm³/mol. The van der Waals surface area contributed by atoms with Gasteiger partial charge in [0.2, 0.25) is 5.95 Å². The minimum atomic E-state index is -0.514. The molecule has 0 aliphatic heterocycles. The number of nitrogens with one attached hydrogen (secondary N) is 1. The summed E-state index contributed by atoms with van der Waals surface area (Å²) in [7, 11) is 2.91. The number of phenolic OH excluding ortho intramolecular Hbond substituents is 1. The van der Waals surface area contributed by atoms with Gasteiger partial charge in [-0.3, -0.25) is 18.5 Å². The van der Waals surface area contributed by atoms with Crippen molar-refractivity contribution in [3.63, 3.8) is 0 Å². The van der Waals surface area contributed by atoms with E-state index in [1.54, 1.807) is 28.8 Å². The lowest BCUT2D eigenvalue weighted by Gasteiger charge is -2.09. The van der Waals surface area contributed by atoms with Gasteiger partial charge in [-0.05, 0) is 35.9 Å². The molecule has 0 aliphatic carbocycles. The van der Waals surface area contributed by atoms with Gasteiger partial charge in [-0.25, -0.2) is 14.6 Å². The molecule has 0 amide bonds. The largest absolute Gasteiger partial charge is 0.507 e. The third-order valence-electron chi connectivity index (χ3n) is 4.96. The van der Waals surface area contributed by atoms with E-state index in [0.29, 0.717) is 5.56 Å². The third kappa shape index (κ3) is 3.94.